The van der Waals surface area contributed by atoms with Crippen molar-refractivity contribution < 1.29 is 19.1 Å². The molecule has 1 aliphatic carbocycles. The number of ether oxygens (including phenoxy) is 2. The van der Waals surface area contributed by atoms with Crippen LogP contribution in [0.2, 0.25) is 0 Å². The summed E-state index contributed by atoms with van der Waals surface area (Å²) in [6.07, 6.45) is 4.25. The predicted octanol–water partition coefficient (Wildman–Crippen LogP) is 3.84. The average molecular weight is 388 g/mol. The van der Waals surface area contributed by atoms with E-state index < -0.39 is 5.97 Å². The Balaban J connectivity index is 1.51. The third-order valence-electron chi connectivity index (χ3n) is 4.69. The first-order valence-electron chi connectivity index (χ1n) is 9.30. The summed E-state index contributed by atoms with van der Waals surface area (Å²) in [6, 6.07) is 7.63. The molecular weight excluding hydrogens is 362 g/mol. The van der Waals surface area contributed by atoms with Crippen LogP contribution in [-0.4, -0.2) is 37.0 Å². The second kappa shape index (κ2) is 9.04. The normalized spacial score (nSPS) is 13.0. The van der Waals surface area contributed by atoms with Gasteiger partial charge in [0.25, 0.3) is 5.91 Å². The van der Waals surface area contributed by atoms with Crippen LogP contribution < -0.4 is 4.74 Å². The molecule has 5 nitrogen and oxygen atoms in total. The summed E-state index contributed by atoms with van der Waals surface area (Å²) in [7, 11) is 1.71. The molecule has 1 heterocycles. The highest BCUT2D eigenvalue weighted by atomic mass is 32.1. The predicted molar refractivity (Wildman–Crippen MR) is 105 cm³/mol. The SMILES string of the molecule is CCOc1ccc(CN(C)C(=O)COC(=O)c2csc3c2CCCC3)cc1. The fourth-order valence-electron chi connectivity index (χ4n) is 3.20. The van der Waals surface area contributed by atoms with Gasteiger partial charge in [0.1, 0.15) is 5.75 Å². The summed E-state index contributed by atoms with van der Waals surface area (Å²) in [4.78, 5) is 27.5. The number of esters is 1. The fourth-order valence-corrected chi connectivity index (χ4v) is 4.32. The summed E-state index contributed by atoms with van der Waals surface area (Å²) in [5.74, 6) is 0.196. The minimum absolute atomic E-state index is 0.221. The minimum atomic E-state index is -0.391. The summed E-state index contributed by atoms with van der Waals surface area (Å²) in [6.45, 7) is 2.78. The van der Waals surface area contributed by atoms with Crippen molar-refractivity contribution in [1.82, 2.24) is 4.90 Å². The molecule has 144 valence electrons. The van der Waals surface area contributed by atoms with E-state index in [9.17, 15) is 9.59 Å². The molecule has 1 amide bonds. The van der Waals surface area contributed by atoms with Gasteiger partial charge in [0.05, 0.1) is 12.2 Å². The second-order valence-electron chi connectivity index (χ2n) is 6.66. The van der Waals surface area contributed by atoms with Crippen molar-refractivity contribution >= 4 is 23.2 Å². The highest BCUT2D eigenvalue weighted by Gasteiger charge is 2.22. The molecule has 1 aliphatic rings. The molecule has 2 aromatic rings. The molecule has 0 atom stereocenters. The molecule has 0 radical (unpaired) electrons. The van der Waals surface area contributed by atoms with Crippen LogP contribution in [0.5, 0.6) is 5.75 Å². The van der Waals surface area contributed by atoms with Gasteiger partial charge in [-0.1, -0.05) is 12.1 Å². The zero-order valence-corrected chi connectivity index (χ0v) is 16.6. The van der Waals surface area contributed by atoms with Crippen LogP contribution in [0.25, 0.3) is 0 Å². The number of hydrogen-bond acceptors (Lipinski definition) is 5. The third kappa shape index (κ3) is 4.89. The first-order valence-corrected chi connectivity index (χ1v) is 10.2. The number of carbonyl (C=O) groups excluding carboxylic acids is 2. The number of rotatable bonds is 7. The lowest BCUT2D eigenvalue weighted by atomic mass is 9.96. The number of aryl methyl sites for hydroxylation is 1. The van der Waals surface area contributed by atoms with E-state index in [2.05, 4.69) is 0 Å². The van der Waals surface area contributed by atoms with Crippen molar-refractivity contribution in [2.75, 3.05) is 20.3 Å². The Morgan fingerprint density at radius 3 is 2.63 bits per heavy atom. The zero-order valence-electron chi connectivity index (χ0n) is 15.8. The topological polar surface area (TPSA) is 55.8 Å². The molecule has 0 spiro atoms. The number of nitrogens with zero attached hydrogens (tertiary/aromatic N) is 1. The third-order valence-corrected chi connectivity index (χ3v) is 5.78. The molecule has 1 aromatic heterocycles. The molecule has 1 aromatic carbocycles. The fraction of sp³-hybridized carbons (Fsp3) is 0.429. The van der Waals surface area contributed by atoms with Gasteiger partial charge < -0.3 is 14.4 Å². The van der Waals surface area contributed by atoms with E-state index in [0.29, 0.717) is 18.7 Å². The van der Waals surface area contributed by atoms with Gasteiger partial charge >= 0.3 is 5.97 Å². The van der Waals surface area contributed by atoms with Gasteiger partial charge in [-0.05, 0) is 55.9 Å². The van der Waals surface area contributed by atoms with E-state index in [-0.39, 0.29) is 12.5 Å². The van der Waals surface area contributed by atoms with Crippen LogP contribution in [-0.2, 0) is 28.9 Å². The van der Waals surface area contributed by atoms with Crippen LogP contribution >= 0.6 is 11.3 Å². The first kappa shape index (κ1) is 19.4. The molecule has 0 fully saturated rings. The molecular formula is C21H25NO4S. The summed E-state index contributed by atoms with van der Waals surface area (Å²) in [5, 5.41) is 1.87. The molecule has 0 aliphatic heterocycles. The summed E-state index contributed by atoms with van der Waals surface area (Å²) >= 11 is 1.62. The van der Waals surface area contributed by atoms with Crippen LogP contribution in [0.4, 0.5) is 0 Å². The molecule has 27 heavy (non-hydrogen) atoms. The van der Waals surface area contributed by atoms with E-state index in [0.717, 1.165) is 36.1 Å². The van der Waals surface area contributed by atoms with Gasteiger partial charge in [-0.2, -0.15) is 0 Å². The Labute approximate surface area is 163 Å². The molecule has 0 bridgehead atoms. The largest absolute Gasteiger partial charge is 0.494 e. The van der Waals surface area contributed by atoms with Crippen molar-refractivity contribution in [2.45, 2.75) is 39.2 Å². The van der Waals surface area contributed by atoms with Crippen LogP contribution in [0.1, 0.15) is 46.1 Å². The maximum atomic E-state index is 12.4. The van der Waals surface area contributed by atoms with E-state index in [1.165, 1.54) is 11.3 Å². The number of likely N-dealkylation sites (N-methyl/N-ethyl adjacent to an activating group) is 1. The monoisotopic (exact) mass is 387 g/mol. The summed E-state index contributed by atoms with van der Waals surface area (Å²) < 4.78 is 10.7. The molecule has 0 unspecified atom stereocenters. The second-order valence-corrected chi connectivity index (χ2v) is 7.63. The molecule has 6 heteroatoms. The van der Waals surface area contributed by atoms with Gasteiger partial charge in [-0.3, -0.25) is 4.79 Å². The standard InChI is InChI=1S/C21H25NO4S/c1-3-25-16-10-8-15(9-11-16)12-22(2)20(23)13-26-21(24)18-14-27-19-7-5-4-6-17(18)19/h8-11,14H,3-7,12-13H2,1-2H3. The maximum absolute atomic E-state index is 12.4. The van der Waals surface area contributed by atoms with E-state index >= 15 is 0 Å². The molecule has 0 saturated carbocycles. The van der Waals surface area contributed by atoms with Crippen LogP contribution in [0.3, 0.4) is 0 Å². The lowest BCUT2D eigenvalue weighted by Crippen LogP contribution is -2.30. The number of hydrogen-bond donors (Lipinski definition) is 0. The minimum Gasteiger partial charge on any atom is -0.494 e. The van der Waals surface area contributed by atoms with Crippen molar-refractivity contribution in [3.63, 3.8) is 0 Å². The van der Waals surface area contributed by atoms with Crippen LogP contribution in [0.15, 0.2) is 29.6 Å². The number of amides is 1. The van der Waals surface area contributed by atoms with Crippen molar-refractivity contribution in [1.29, 1.82) is 0 Å². The number of fused-ring (bicyclic) bond motifs is 1. The van der Waals surface area contributed by atoms with Gasteiger partial charge in [0.2, 0.25) is 0 Å². The Morgan fingerprint density at radius 2 is 1.89 bits per heavy atom. The number of carbonyl (C=O) groups is 2. The zero-order chi connectivity index (χ0) is 19.2. The van der Waals surface area contributed by atoms with E-state index in [1.54, 1.807) is 23.3 Å². The maximum Gasteiger partial charge on any atom is 0.339 e. The lowest BCUT2D eigenvalue weighted by Gasteiger charge is -2.18. The van der Waals surface area contributed by atoms with Gasteiger partial charge in [-0.15, -0.1) is 11.3 Å². The van der Waals surface area contributed by atoms with E-state index in [1.807, 2.05) is 36.6 Å². The average Bonchev–Trinajstić information content (AvgIpc) is 3.12. The Kier molecular flexibility index (Phi) is 6.50. The quantitative estimate of drug-likeness (QED) is 0.678. The molecule has 0 N–H and O–H groups in total. The van der Waals surface area contributed by atoms with Gasteiger partial charge in [0, 0.05) is 23.8 Å². The van der Waals surface area contributed by atoms with Crippen molar-refractivity contribution in [3.05, 3.63) is 51.2 Å². The van der Waals surface area contributed by atoms with Crippen molar-refractivity contribution in [3.8, 4) is 5.75 Å². The number of benzene rings is 1. The molecule has 3 rings (SSSR count). The highest BCUT2D eigenvalue weighted by Crippen LogP contribution is 2.30. The van der Waals surface area contributed by atoms with Gasteiger partial charge in [-0.25, -0.2) is 4.79 Å². The Hall–Kier alpha value is -2.34. The molecule has 0 saturated heterocycles. The Morgan fingerprint density at radius 1 is 1.15 bits per heavy atom. The van der Waals surface area contributed by atoms with E-state index in [4.69, 9.17) is 9.47 Å². The Bertz CT molecular complexity index is 797. The highest BCUT2D eigenvalue weighted by molar-refractivity contribution is 7.10. The lowest BCUT2D eigenvalue weighted by molar-refractivity contribution is -0.133. The van der Waals surface area contributed by atoms with Crippen LogP contribution in [0, 0.1) is 0 Å². The van der Waals surface area contributed by atoms with Gasteiger partial charge in [0.15, 0.2) is 6.61 Å². The number of thiophene rings is 1. The first-order chi connectivity index (χ1) is 13.1. The van der Waals surface area contributed by atoms with Crippen molar-refractivity contribution in [2.24, 2.45) is 0 Å². The smallest absolute Gasteiger partial charge is 0.339 e. The summed E-state index contributed by atoms with van der Waals surface area (Å²) in [5.41, 5.74) is 2.75.